The number of anilines is 1. The van der Waals surface area contributed by atoms with Crippen molar-refractivity contribution in [3.05, 3.63) is 40.1 Å². The molecule has 0 saturated carbocycles. The highest BCUT2D eigenvalue weighted by Gasteiger charge is 2.11. The summed E-state index contributed by atoms with van der Waals surface area (Å²) in [6.45, 7) is 4.29. The van der Waals surface area contributed by atoms with E-state index >= 15 is 0 Å². The predicted octanol–water partition coefficient (Wildman–Crippen LogP) is 4.85. The SMILES string of the molecule is COc1ccc2nc(NC(C)c3ccc(C)s3)sc2c1. The summed E-state index contributed by atoms with van der Waals surface area (Å²) in [7, 11) is 1.68. The minimum Gasteiger partial charge on any atom is -0.497 e. The molecule has 0 saturated heterocycles. The number of nitrogens with zero attached hydrogens (tertiary/aromatic N) is 1. The number of hydrogen-bond acceptors (Lipinski definition) is 5. The fourth-order valence-electron chi connectivity index (χ4n) is 2.04. The smallest absolute Gasteiger partial charge is 0.184 e. The summed E-state index contributed by atoms with van der Waals surface area (Å²) >= 11 is 3.48. The second-order valence-corrected chi connectivity index (χ2v) is 7.02. The molecule has 104 valence electrons. The van der Waals surface area contributed by atoms with E-state index in [1.807, 2.05) is 29.5 Å². The second-order valence-electron chi connectivity index (χ2n) is 4.67. The van der Waals surface area contributed by atoms with Crippen LogP contribution in [-0.4, -0.2) is 12.1 Å². The monoisotopic (exact) mass is 304 g/mol. The number of thiophene rings is 1. The first-order valence-corrected chi connectivity index (χ1v) is 8.06. The van der Waals surface area contributed by atoms with Crippen LogP contribution in [0.3, 0.4) is 0 Å². The molecule has 0 bridgehead atoms. The van der Waals surface area contributed by atoms with E-state index in [0.29, 0.717) is 0 Å². The summed E-state index contributed by atoms with van der Waals surface area (Å²) in [5, 5.41) is 4.43. The van der Waals surface area contributed by atoms with Crippen LogP contribution in [0.25, 0.3) is 10.2 Å². The summed E-state index contributed by atoms with van der Waals surface area (Å²) in [4.78, 5) is 7.29. The van der Waals surface area contributed by atoms with Crippen LogP contribution in [0.1, 0.15) is 22.7 Å². The molecule has 1 aromatic carbocycles. The number of methoxy groups -OCH3 is 1. The minimum absolute atomic E-state index is 0.274. The molecule has 0 aliphatic heterocycles. The molecule has 3 rings (SSSR count). The second kappa shape index (κ2) is 5.42. The fraction of sp³-hybridized carbons (Fsp3) is 0.267. The molecule has 5 heteroatoms. The third-order valence-electron chi connectivity index (χ3n) is 3.12. The molecule has 1 N–H and O–H groups in total. The number of nitrogens with one attached hydrogen (secondary N) is 1. The van der Waals surface area contributed by atoms with Gasteiger partial charge in [-0.15, -0.1) is 11.3 Å². The lowest BCUT2D eigenvalue weighted by molar-refractivity contribution is 0.415. The highest BCUT2D eigenvalue weighted by Crippen LogP contribution is 2.32. The topological polar surface area (TPSA) is 34.1 Å². The van der Waals surface area contributed by atoms with E-state index < -0.39 is 0 Å². The number of rotatable bonds is 4. The number of thiazole rings is 1. The van der Waals surface area contributed by atoms with Crippen LogP contribution >= 0.6 is 22.7 Å². The van der Waals surface area contributed by atoms with Gasteiger partial charge >= 0.3 is 0 Å². The Hall–Kier alpha value is -1.59. The fourth-order valence-corrected chi connectivity index (χ4v) is 3.90. The van der Waals surface area contributed by atoms with Crippen molar-refractivity contribution in [3.8, 4) is 5.75 Å². The highest BCUT2D eigenvalue weighted by molar-refractivity contribution is 7.22. The average Bonchev–Trinajstić information content (AvgIpc) is 3.03. The van der Waals surface area contributed by atoms with Crippen LogP contribution in [-0.2, 0) is 0 Å². The van der Waals surface area contributed by atoms with Crippen molar-refractivity contribution in [1.29, 1.82) is 0 Å². The van der Waals surface area contributed by atoms with Crippen molar-refractivity contribution >= 4 is 38.0 Å². The van der Waals surface area contributed by atoms with E-state index in [-0.39, 0.29) is 6.04 Å². The van der Waals surface area contributed by atoms with Crippen molar-refractivity contribution in [2.75, 3.05) is 12.4 Å². The Balaban J connectivity index is 1.83. The van der Waals surface area contributed by atoms with Gasteiger partial charge < -0.3 is 10.1 Å². The molecule has 1 atom stereocenters. The first-order chi connectivity index (χ1) is 9.65. The van der Waals surface area contributed by atoms with Crippen molar-refractivity contribution in [2.24, 2.45) is 0 Å². The van der Waals surface area contributed by atoms with E-state index in [1.54, 1.807) is 18.4 Å². The maximum absolute atomic E-state index is 5.24. The zero-order chi connectivity index (χ0) is 14.1. The molecule has 3 aromatic rings. The molecule has 0 radical (unpaired) electrons. The Morgan fingerprint density at radius 2 is 2.05 bits per heavy atom. The van der Waals surface area contributed by atoms with Crippen molar-refractivity contribution in [1.82, 2.24) is 4.98 Å². The van der Waals surface area contributed by atoms with Crippen LogP contribution in [0.2, 0.25) is 0 Å². The molecule has 0 amide bonds. The van der Waals surface area contributed by atoms with Gasteiger partial charge in [0.25, 0.3) is 0 Å². The third-order valence-corrected chi connectivity index (χ3v) is 5.26. The van der Waals surface area contributed by atoms with Gasteiger partial charge in [0.1, 0.15) is 5.75 Å². The maximum Gasteiger partial charge on any atom is 0.184 e. The van der Waals surface area contributed by atoms with Crippen LogP contribution in [0.15, 0.2) is 30.3 Å². The predicted molar refractivity (Wildman–Crippen MR) is 87.3 cm³/mol. The highest BCUT2D eigenvalue weighted by atomic mass is 32.1. The zero-order valence-electron chi connectivity index (χ0n) is 11.6. The van der Waals surface area contributed by atoms with Gasteiger partial charge in [-0.05, 0) is 44.2 Å². The summed E-state index contributed by atoms with van der Waals surface area (Å²) < 4.78 is 6.39. The lowest BCUT2D eigenvalue weighted by Gasteiger charge is -2.10. The van der Waals surface area contributed by atoms with Crippen molar-refractivity contribution in [3.63, 3.8) is 0 Å². The van der Waals surface area contributed by atoms with Crippen LogP contribution in [0, 0.1) is 6.92 Å². The average molecular weight is 304 g/mol. The van der Waals surface area contributed by atoms with Gasteiger partial charge in [-0.25, -0.2) is 4.98 Å². The van der Waals surface area contributed by atoms with Gasteiger partial charge in [0, 0.05) is 9.75 Å². The first-order valence-electron chi connectivity index (χ1n) is 6.43. The molecule has 0 aliphatic rings. The van der Waals surface area contributed by atoms with Gasteiger partial charge in [0.15, 0.2) is 5.13 Å². The Kier molecular flexibility index (Phi) is 3.63. The lowest BCUT2D eigenvalue weighted by atomic mass is 10.3. The van der Waals surface area contributed by atoms with Crippen molar-refractivity contribution in [2.45, 2.75) is 19.9 Å². The van der Waals surface area contributed by atoms with Crippen LogP contribution < -0.4 is 10.1 Å². The Labute approximate surface area is 126 Å². The molecule has 0 fully saturated rings. The number of fused-ring (bicyclic) bond motifs is 1. The van der Waals surface area contributed by atoms with Gasteiger partial charge in [0.2, 0.25) is 0 Å². The number of aryl methyl sites for hydroxylation is 1. The quantitative estimate of drug-likeness (QED) is 0.748. The molecule has 20 heavy (non-hydrogen) atoms. The molecule has 0 aliphatic carbocycles. The third kappa shape index (κ3) is 2.64. The summed E-state index contributed by atoms with van der Waals surface area (Å²) in [5.74, 6) is 0.870. The summed E-state index contributed by atoms with van der Waals surface area (Å²) in [6, 6.07) is 10.6. The maximum atomic E-state index is 5.24. The Bertz CT molecular complexity index is 732. The van der Waals surface area contributed by atoms with Crippen LogP contribution in [0.4, 0.5) is 5.13 Å². The van der Waals surface area contributed by atoms with E-state index in [1.165, 1.54) is 9.75 Å². The van der Waals surface area contributed by atoms with Gasteiger partial charge in [0.05, 0.1) is 23.4 Å². The van der Waals surface area contributed by atoms with E-state index in [9.17, 15) is 0 Å². The Morgan fingerprint density at radius 1 is 1.20 bits per heavy atom. The summed E-state index contributed by atoms with van der Waals surface area (Å²) in [5.41, 5.74) is 1.01. The van der Waals surface area contributed by atoms with Crippen LogP contribution in [0.5, 0.6) is 5.75 Å². The minimum atomic E-state index is 0.274. The standard InChI is InChI=1S/C15H16N2OS2/c1-9-4-7-13(19-9)10(2)16-15-17-12-6-5-11(18-3)8-14(12)20-15/h4-8,10H,1-3H3,(H,16,17). The van der Waals surface area contributed by atoms with E-state index in [4.69, 9.17) is 4.74 Å². The van der Waals surface area contributed by atoms with Gasteiger partial charge in [-0.1, -0.05) is 11.3 Å². The zero-order valence-corrected chi connectivity index (χ0v) is 13.3. The molecule has 2 aromatic heterocycles. The summed E-state index contributed by atoms with van der Waals surface area (Å²) in [6.07, 6.45) is 0. The first kappa shape index (κ1) is 13.4. The molecular formula is C15H16N2OS2. The van der Waals surface area contributed by atoms with Gasteiger partial charge in [-0.2, -0.15) is 0 Å². The molecule has 3 nitrogen and oxygen atoms in total. The molecule has 2 heterocycles. The molecule has 0 spiro atoms. The molecule has 1 unspecified atom stereocenters. The van der Waals surface area contributed by atoms with Gasteiger partial charge in [-0.3, -0.25) is 0 Å². The number of hydrogen-bond donors (Lipinski definition) is 1. The Morgan fingerprint density at radius 3 is 2.75 bits per heavy atom. The van der Waals surface area contributed by atoms with E-state index in [0.717, 1.165) is 21.1 Å². The number of benzene rings is 1. The number of ether oxygens (including phenoxy) is 1. The normalized spacial score (nSPS) is 12.6. The lowest BCUT2D eigenvalue weighted by Crippen LogP contribution is -2.03. The molecular weight excluding hydrogens is 288 g/mol. The van der Waals surface area contributed by atoms with E-state index in [2.05, 4.69) is 36.3 Å². The number of aromatic nitrogens is 1. The largest absolute Gasteiger partial charge is 0.497 e. The van der Waals surface area contributed by atoms with Crippen molar-refractivity contribution < 1.29 is 4.74 Å².